The second-order valence-corrected chi connectivity index (χ2v) is 5.60. The molecule has 0 aliphatic heterocycles. The standard InChI is InChI=1S/C17H21NOS/c1-12-11-14(19-3)7-10-16(12)17(18-2)13-5-8-15(20-4)9-6-13/h5-11,17-18H,1-4H3. The third-order valence-corrected chi connectivity index (χ3v) is 4.27. The molecule has 0 saturated heterocycles. The molecule has 20 heavy (non-hydrogen) atoms. The van der Waals surface area contributed by atoms with Gasteiger partial charge in [-0.05, 0) is 61.2 Å². The van der Waals surface area contributed by atoms with E-state index in [2.05, 4.69) is 54.9 Å². The van der Waals surface area contributed by atoms with Gasteiger partial charge in [-0.15, -0.1) is 11.8 Å². The summed E-state index contributed by atoms with van der Waals surface area (Å²) < 4.78 is 5.28. The number of aryl methyl sites for hydroxylation is 1. The average molecular weight is 287 g/mol. The van der Waals surface area contributed by atoms with Gasteiger partial charge in [-0.2, -0.15) is 0 Å². The van der Waals surface area contributed by atoms with Crippen molar-refractivity contribution < 1.29 is 4.74 Å². The van der Waals surface area contributed by atoms with Crippen LogP contribution in [0.2, 0.25) is 0 Å². The van der Waals surface area contributed by atoms with Crippen LogP contribution in [0.4, 0.5) is 0 Å². The van der Waals surface area contributed by atoms with Gasteiger partial charge in [-0.3, -0.25) is 0 Å². The van der Waals surface area contributed by atoms with Crippen LogP contribution in [0.25, 0.3) is 0 Å². The summed E-state index contributed by atoms with van der Waals surface area (Å²) in [5, 5.41) is 3.40. The molecule has 0 aliphatic carbocycles. The first-order valence-corrected chi connectivity index (χ1v) is 7.87. The lowest BCUT2D eigenvalue weighted by molar-refractivity contribution is 0.414. The van der Waals surface area contributed by atoms with Crippen LogP contribution in [-0.2, 0) is 0 Å². The lowest BCUT2D eigenvalue weighted by Crippen LogP contribution is -2.18. The number of methoxy groups -OCH3 is 1. The number of benzene rings is 2. The number of hydrogen-bond acceptors (Lipinski definition) is 3. The Morgan fingerprint density at radius 3 is 2.30 bits per heavy atom. The lowest BCUT2D eigenvalue weighted by atomic mass is 9.95. The summed E-state index contributed by atoms with van der Waals surface area (Å²) in [5.74, 6) is 0.902. The fraction of sp³-hybridized carbons (Fsp3) is 0.294. The summed E-state index contributed by atoms with van der Waals surface area (Å²) in [7, 11) is 3.70. The molecule has 3 heteroatoms. The van der Waals surface area contributed by atoms with Crippen LogP contribution in [0.3, 0.4) is 0 Å². The van der Waals surface area contributed by atoms with E-state index in [1.807, 2.05) is 13.1 Å². The highest BCUT2D eigenvalue weighted by atomic mass is 32.2. The highest BCUT2D eigenvalue weighted by Crippen LogP contribution is 2.28. The van der Waals surface area contributed by atoms with Crippen molar-refractivity contribution in [2.75, 3.05) is 20.4 Å². The third kappa shape index (κ3) is 3.17. The maximum absolute atomic E-state index is 5.28. The van der Waals surface area contributed by atoms with E-state index in [0.717, 1.165) is 5.75 Å². The van der Waals surface area contributed by atoms with E-state index < -0.39 is 0 Å². The number of rotatable bonds is 5. The molecule has 2 aromatic carbocycles. The second-order valence-electron chi connectivity index (χ2n) is 4.72. The lowest BCUT2D eigenvalue weighted by Gasteiger charge is -2.20. The van der Waals surface area contributed by atoms with Gasteiger partial charge in [0.25, 0.3) is 0 Å². The van der Waals surface area contributed by atoms with Crippen molar-refractivity contribution in [3.05, 3.63) is 59.2 Å². The summed E-state index contributed by atoms with van der Waals surface area (Å²) >= 11 is 1.76. The minimum atomic E-state index is 0.205. The van der Waals surface area contributed by atoms with Crippen molar-refractivity contribution in [2.45, 2.75) is 17.9 Å². The molecular formula is C17H21NOS. The molecule has 1 unspecified atom stereocenters. The molecule has 0 spiro atoms. The fourth-order valence-electron chi connectivity index (χ4n) is 2.40. The van der Waals surface area contributed by atoms with Crippen molar-refractivity contribution in [1.82, 2.24) is 5.32 Å². The van der Waals surface area contributed by atoms with Gasteiger partial charge in [-0.25, -0.2) is 0 Å². The Morgan fingerprint density at radius 2 is 1.80 bits per heavy atom. The minimum Gasteiger partial charge on any atom is -0.497 e. The van der Waals surface area contributed by atoms with E-state index in [1.165, 1.54) is 21.6 Å². The van der Waals surface area contributed by atoms with Gasteiger partial charge in [0.05, 0.1) is 13.2 Å². The summed E-state index contributed by atoms with van der Waals surface area (Å²) in [6.07, 6.45) is 2.10. The maximum atomic E-state index is 5.28. The van der Waals surface area contributed by atoms with Gasteiger partial charge in [0.1, 0.15) is 5.75 Å². The molecule has 0 bridgehead atoms. The summed E-state index contributed by atoms with van der Waals surface area (Å²) in [4.78, 5) is 1.29. The second kappa shape index (κ2) is 6.82. The Bertz CT molecular complexity index is 566. The Balaban J connectivity index is 2.35. The molecule has 106 valence electrons. The maximum Gasteiger partial charge on any atom is 0.119 e. The normalized spacial score (nSPS) is 12.2. The van der Waals surface area contributed by atoms with E-state index in [9.17, 15) is 0 Å². The number of nitrogens with one attached hydrogen (secondary N) is 1. The van der Waals surface area contributed by atoms with Gasteiger partial charge in [-0.1, -0.05) is 18.2 Å². The summed E-state index contributed by atoms with van der Waals surface area (Å²) in [6, 6.07) is 15.2. The van der Waals surface area contributed by atoms with Crippen LogP contribution in [0.1, 0.15) is 22.7 Å². The first-order chi connectivity index (χ1) is 9.69. The van der Waals surface area contributed by atoms with E-state index in [4.69, 9.17) is 4.74 Å². The molecule has 2 rings (SSSR count). The van der Waals surface area contributed by atoms with Gasteiger partial charge < -0.3 is 10.1 Å². The van der Waals surface area contributed by atoms with Crippen molar-refractivity contribution in [2.24, 2.45) is 0 Å². The Labute approximate surface area is 125 Å². The zero-order chi connectivity index (χ0) is 14.5. The summed E-state index contributed by atoms with van der Waals surface area (Å²) in [6.45, 7) is 2.12. The zero-order valence-electron chi connectivity index (χ0n) is 12.4. The van der Waals surface area contributed by atoms with Crippen molar-refractivity contribution in [3.63, 3.8) is 0 Å². The van der Waals surface area contributed by atoms with Crippen LogP contribution in [0, 0.1) is 6.92 Å². The highest BCUT2D eigenvalue weighted by molar-refractivity contribution is 7.98. The summed E-state index contributed by atoms with van der Waals surface area (Å²) in [5.41, 5.74) is 3.79. The van der Waals surface area contributed by atoms with E-state index in [0.29, 0.717) is 0 Å². The molecule has 0 heterocycles. The Hall–Kier alpha value is -1.45. The molecule has 1 N–H and O–H groups in total. The van der Waals surface area contributed by atoms with Crippen LogP contribution >= 0.6 is 11.8 Å². The number of hydrogen-bond donors (Lipinski definition) is 1. The van der Waals surface area contributed by atoms with Crippen LogP contribution in [0.15, 0.2) is 47.4 Å². The topological polar surface area (TPSA) is 21.3 Å². The fourth-order valence-corrected chi connectivity index (χ4v) is 2.81. The monoisotopic (exact) mass is 287 g/mol. The van der Waals surface area contributed by atoms with Crippen molar-refractivity contribution in [3.8, 4) is 5.75 Å². The largest absolute Gasteiger partial charge is 0.497 e. The van der Waals surface area contributed by atoms with E-state index in [1.54, 1.807) is 18.9 Å². The average Bonchev–Trinajstić information content (AvgIpc) is 2.50. The molecule has 0 radical (unpaired) electrons. The molecule has 1 atom stereocenters. The molecule has 2 nitrogen and oxygen atoms in total. The zero-order valence-corrected chi connectivity index (χ0v) is 13.3. The Morgan fingerprint density at radius 1 is 1.10 bits per heavy atom. The van der Waals surface area contributed by atoms with Gasteiger partial charge >= 0.3 is 0 Å². The third-order valence-electron chi connectivity index (χ3n) is 3.53. The number of ether oxygens (including phenoxy) is 1. The smallest absolute Gasteiger partial charge is 0.119 e. The van der Waals surface area contributed by atoms with Crippen LogP contribution in [-0.4, -0.2) is 20.4 Å². The first-order valence-electron chi connectivity index (χ1n) is 6.65. The molecule has 0 amide bonds. The molecule has 0 aliphatic rings. The van der Waals surface area contributed by atoms with E-state index in [-0.39, 0.29) is 6.04 Å². The SMILES string of the molecule is CNC(c1ccc(SC)cc1)c1ccc(OC)cc1C. The molecule has 0 saturated carbocycles. The van der Waals surface area contributed by atoms with Gasteiger partial charge in [0.2, 0.25) is 0 Å². The predicted molar refractivity (Wildman–Crippen MR) is 86.9 cm³/mol. The van der Waals surface area contributed by atoms with Crippen LogP contribution < -0.4 is 10.1 Å². The molecule has 0 aromatic heterocycles. The Kier molecular flexibility index (Phi) is 5.10. The van der Waals surface area contributed by atoms with Gasteiger partial charge in [0, 0.05) is 4.90 Å². The minimum absolute atomic E-state index is 0.205. The highest BCUT2D eigenvalue weighted by Gasteiger charge is 2.14. The quantitative estimate of drug-likeness (QED) is 0.839. The van der Waals surface area contributed by atoms with Crippen LogP contribution in [0.5, 0.6) is 5.75 Å². The van der Waals surface area contributed by atoms with Crippen molar-refractivity contribution >= 4 is 11.8 Å². The number of thioether (sulfide) groups is 1. The molecule has 2 aromatic rings. The van der Waals surface area contributed by atoms with Gasteiger partial charge in [0.15, 0.2) is 0 Å². The first kappa shape index (κ1) is 14.9. The molecular weight excluding hydrogens is 266 g/mol. The molecule has 0 fully saturated rings. The predicted octanol–water partition coefficient (Wildman–Crippen LogP) is 4.03. The van der Waals surface area contributed by atoms with Crippen molar-refractivity contribution in [1.29, 1.82) is 0 Å². The van der Waals surface area contributed by atoms with E-state index >= 15 is 0 Å².